The molecule has 0 heterocycles. The number of carbonyl (C=O) groups is 1. The quantitative estimate of drug-likeness (QED) is 0.567. The fourth-order valence-electron chi connectivity index (χ4n) is 1.99. The molecule has 130 valence electrons. The van der Waals surface area contributed by atoms with Crippen LogP contribution in [0.15, 0.2) is 18.2 Å². The van der Waals surface area contributed by atoms with Crippen LogP contribution in [0.3, 0.4) is 0 Å². The first-order valence-electron chi connectivity index (χ1n) is 7.64. The molecule has 0 bridgehead atoms. The zero-order valence-corrected chi connectivity index (χ0v) is 16.2. The van der Waals surface area contributed by atoms with E-state index in [0.717, 1.165) is 11.1 Å². The SMILES string of the molecule is CC(C)(C)OC(=O)N(CCCF)CCc1ccc(CBr)c(Cl)c1. The lowest BCUT2D eigenvalue weighted by molar-refractivity contribution is 0.0247. The summed E-state index contributed by atoms with van der Waals surface area (Å²) in [5.74, 6) is 0. The number of ether oxygens (including phenoxy) is 1. The minimum absolute atomic E-state index is 0.308. The van der Waals surface area contributed by atoms with Gasteiger partial charge in [0, 0.05) is 23.4 Å². The molecule has 1 aromatic carbocycles. The summed E-state index contributed by atoms with van der Waals surface area (Å²) < 4.78 is 17.8. The largest absolute Gasteiger partial charge is 0.444 e. The highest BCUT2D eigenvalue weighted by atomic mass is 79.9. The number of benzene rings is 1. The molecule has 3 nitrogen and oxygen atoms in total. The summed E-state index contributed by atoms with van der Waals surface area (Å²) in [6, 6.07) is 5.86. The smallest absolute Gasteiger partial charge is 0.410 e. The Bertz CT molecular complexity index is 520. The summed E-state index contributed by atoms with van der Waals surface area (Å²) in [7, 11) is 0. The lowest BCUT2D eigenvalue weighted by Crippen LogP contribution is -2.38. The number of hydrogen-bond acceptors (Lipinski definition) is 2. The molecule has 0 saturated carbocycles. The number of rotatable bonds is 7. The molecule has 1 rings (SSSR count). The summed E-state index contributed by atoms with van der Waals surface area (Å²) >= 11 is 9.57. The van der Waals surface area contributed by atoms with Crippen LogP contribution < -0.4 is 0 Å². The van der Waals surface area contributed by atoms with Crippen LogP contribution in [0.5, 0.6) is 0 Å². The van der Waals surface area contributed by atoms with E-state index in [1.807, 2.05) is 39.0 Å². The highest BCUT2D eigenvalue weighted by molar-refractivity contribution is 9.08. The number of amides is 1. The standard InChI is InChI=1S/C17H24BrClFNO2/c1-17(2,3)23-16(22)21(9-4-8-20)10-7-13-5-6-14(12-18)15(19)11-13/h5-6,11H,4,7-10,12H2,1-3H3. The third kappa shape index (κ3) is 7.53. The van der Waals surface area contributed by atoms with Crippen molar-refractivity contribution in [3.8, 4) is 0 Å². The highest BCUT2D eigenvalue weighted by Crippen LogP contribution is 2.21. The van der Waals surface area contributed by atoms with Gasteiger partial charge in [-0.25, -0.2) is 4.79 Å². The van der Waals surface area contributed by atoms with Crippen molar-refractivity contribution in [2.24, 2.45) is 0 Å². The molecule has 0 saturated heterocycles. The Morgan fingerprint density at radius 1 is 1.35 bits per heavy atom. The molecule has 6 heteroatoms. The van der Waals surface area contributed by atoms with Crippen LogP contribution in [0.4, 0.5) is 9.18 Å². The van der Waals surface area contributed by atoms with E-state index in [0.29, 0.717) is 36.3 Å². The summed E-state index contributed by atoms with van der Waals surface area (Å²) in [4.78, 5) is 13.8. The highest BCUT2D eigenvalue weighted by Gasteiger charge is 2.21. The zero-order valence-electron chi connectivity index (χ0n) is 13.9. The maximum atomic E-state index is 12.5. The molecule has 0 fully saturated rings. The summed E-state index contributed by atoms with van der Waals surface area (Å²) in [6.45, 7) is 5.81. The second-order valence-corrected chi connectivity index (χ2v) is 7.29. The third-order valence-electron chi connectivity index (χ3n) is 3.15. The lowest BCUT2D eigenvalue weighted by Gasteiger charge is -2.27. The summed E-state index contributed by atoms with van der Waals surface area (Å²) in [5, 5.41) is 1.40. The van der Waals surface area contributed by atoms with E-state index >= 15 is 0 Å². The van der Waals surface area contributed by atoms with Crippen molar-refractivity contribution in [1.82, 2.24) is 4.90 Å². The maximum Gasteiger partial charge on any atom is 0.410 e. The number of nitrogens with zero attached hydrogens (tertiary/aromatic N) is 1. The summed E-state index contributed by atoms with van der Waals surface area (Å²) in [5.41, 5.74) is 1.50. The molecular formula is C17H24BrClFNO2. The van der Waals surface area contributed by atoms with Gasteiger partial charge in [0.1, 0.15) is 5.60 Å². The van der Waals surface area contributed by atoms with E-state index in [-0.39, 0.29) is 0 Å². The Hall–Kier alpha value is -0.810. The van der Waals surface area contributed by atoms with E-state index in [1.165, 1.54) is 0 Å². The summed E-state index contributed by atoms with van der Waals surface area (Å²) in [6.07, 6.45) is 0.546. The van der Waals surface area contributed by atoms with Crippen LogP contribution in [0.2, 0.25) is 5.02 Å². The van der Waals surface area contributed by atoms with E-state index in [4.69, 9.17) is 16.3 Å². The molecule has 0 atom stereocenters. The second kappa shape index (κ2) is 9.48. The first kappa shape index (κ1) is 20.2. The molecule has 0 aliphatic heterocycles. The zero-order chi connectivity index (χ0) is 17.5. The van der Waals surface area contributed by atoms with E-state index in [2.05, 4.69) is 15.9 Å². The Balaban J connectivity index is 2.70. The molecule has 23 heavy (non-hydrogen) atoms. The Labute approximate surface area is 151 Å². The molecule has 0 aliphatic carbocycles. The molecule has 0 spiro atoms. The van der Waals surface area contributed by atoms with E-state index < -0.39 is 18.4 Å². The molecule has 0 aromatic heterocycles. The van der Waals surface area contributed by atoms with Crippen LogP contribution in [0.25, 0.3) is 0 Å². The number of hydrogen-bond donors (Lipinski definition) is 0. The fourth-order valence-corrected chi connectivity index (χ4v) is 2.91. The van der Waals surface area contributed by atoms with Gasteiger partial charge in [0.25, 0.3) is 0 Å². The average Bonchev–Trinajstić information content (AvgIpc) is 2.45. The number of halogens is 3. The van der Waals surface area contributed by atoms with Crippen molar-refractivity contribution < 1.29 is 13.9 Å². The van der Waals surface area contributed by atoms with Crippen LogP contribution in [-0.4, -0.2) is 36.4 Å². The number of alkyl halides is 2. The first-order chi connectivity index (χ1) is 10.8. The molecule has 0 N–H and O–H groups in total. The normalized spacial score (nSPS) is 11.4. The Morgan fingerprint density at radius 3 is 2.57 bits per heavy atom. The van der Waals surface area contributed by atoms with Crippen molar-refractivity contribution in [2.45, 2.75) is 44.5 Å². The van der Waals surface area contributed by atoms with Crippen molar-refractivity contribution >= 4 is 33.6 Å². The number of carbonyl (C=O) groups excluding carboxylic acids is 1. The molecule has 0 radical (unpaired) electrons. The predicted octanol–water partition coefficient (Wildman–Crippen LogP) is 5.37. The minimum atomic E-state index is -0.564. The Kier molecular flexibility index (Phi) is 8.34. The topological polar surface area (TPSA) is 29.5 Å². The van der Waals surface area contributed by atoms with Crippen molar-refractivity contribution in [2.75, 3.05) is 19.8 Å². The molecule has 0 unspecified atom stereocenters. The molecule has 1 amide bonds. The van der Waals surface area contributed by atoms with Gasteiger partial charge in [-0.2, -0.15) is 0 Å². The van der Waals surface area contributed by atoms with Crippen molar-refractivity contribution in [3.63, 3.8) is 0 Å². The van der Waals surface area contributed by atoms with Gasteiger partial charge in [0.05, 0.1) is 6.67 Å². The van der Waals surface area contributed by atoms with Crippen molar-refractivity contribution in [1.29, 1.82) is 0 Å². The third-order valence-corrected chi connectivity index (χ3v) is 4.10. The van der Waals surface area contributed by atoms with Crippen molar-refractivity contribution in [3.05, 3.63) is 34.3 Å². The average molecular weight is 409 g/mol. The van der Waals surface area contributed by atoms with Crippen LogP contribution in [0, 0.1) is 0 Å². The van der Waals surface area contributed by atoms with E-state index in [9.17, 15) is 9.18 Å². The monoisotopic (exact) mass is 407 g/mol. The minimum Gasteiger partial charge on any atom is -0.444 e. The van der Waals surface area contributed by atoms with Gasteiger partial charge in [-0.1, -0.05) is 39.7 Å². The van der Waals surface area contributed by atoms with Gasteiger partial charge >= 0.3 is 6.09 Å². The molecule has 1 aromatic rings. The van der Waals surface area contributed by atoms with Gasteiger partial charge in [0.15, 0.2) is 0 Å². The predicted molar refractivity (Wildman–Crippen MR) is 96.2 cm³/mol. The van der Waals surface area contributed by atoms with Gasteiger partial charge in [-0.3, -0.25) is 4.39 Å². The maximum absolute atomic E-state index is 12.5. The van der Waals surface area contributed by atoms with Crippen LogP contribution in [-0.2, 0) is 16.5 Å². The van der Waals surface area contributed by atoms with Gasteiger partial charge in [-0.05, 0) is 50.8 Å². The first-order valence-corrected chi connectivity index (χ1v) is 9.14. The van der Waals surface area contributed by atoms with Crippen LogP contribution >= 0.6 is 27.5 Å². The van der Waals surface area contributed by atoms with Gasteiger partial charge < -0.3 is 9.64 Å². The lowest BCUT2D eigenvalue weighted by atomic mass is 10.1. The Morgan fingerprint density at radius 2 is 2.04 bits per heavy atom. The molecular weight excluding hydrogens is 385 g/mol. The van der Waals surface area contributed by atoms with Gasteiger partial charge in [-0.15, -0.1) is 0 Å². The fraction of sp³-hybridized carbons (Fsp3) is 0.588. The van der Waals surface area contributed by atoms with E-state index in [1.54, 1.807) is 4.90 Å². The van der Waals surface area contributed by atoms with Crippen LogP contribution in [0.1, 0.15) is 38.3 Å². The molecule has 0 aliphatic rings. The van der Waals surface area contributed by atoms with Gasteiger partial charge in [0.2, 0.25) is 0 Å². The second-order valence-electron chi connectivity index (χ2n) is 6.32.